The number of nitrogens with zero attached hydrogens (tertiary/aromatic N) is 1. The second-order valence-electron chi connectivity index (χ2n) is 8.71. The molecule has 3 nitrogen and oxygen atoms in total. The van der Waals surface area contributed by atoms with Crippen LogP contribution in [0, 0.1) is 12.8 Å². The van der Waals surface area contributed by atoms with Gasteiger partial charge in [-0.3, -0.25) is 9.69 Å². The lowest BCUT2D eigenvalue weighted by Crippen LogP contribution is -2.35. The summed E-state index contributed by atoms with van der Waals surface area (Å²) < 4.78 is 0. The number of hydrogen-bond donors (Lipinski definition) is 1. The van der Waals surface area contributed by atoms with Crippen LogP contribution in [0.2, 0.25) is 0 Å². The van der Waals surface area contributed by atoms with E-state index in [0.717, 1.165) is 38.9 Å². The van der Waals surface area contributed by atoms with Gasteiger partial charge in [0.1, 0.15) is 0 Å². The van der Waals surface area contributed by atoms with Gasteiger partial charge in [-0.1, -0.05) is 61.9 Å². The number of carbonyl (C=O) groups is 1. The van der Waals surface area contributed by atoms with Gasteiger partial charge < -0.3 is 5.11 Å². The second-order valence-corrected chi connectivity index (χ2v) is 8.71. The molecule has 160 valence electrons. The van der Waals surface area contributed by atoms with Crippen LogP contribution in [0.5, 0.6) is 0 Å². The summed E-state index contributed by atoms with van der Waals surface area (Å²) in [7, 11) is 0. The summed E-state index contributed by atoms with van der Waals surface area (Å²) in [6, 6.07) is 15.7. The Morgan fingerprint density at radius 2 is 1.77 bits per heavy atom. The Morgan fingerprint density at radius 3 is 2.40 bits per heavy atom. The maximum absolute atomic E-state index is 11.1. The first-order valence-electron chi connectivity index (χ1n) is 11.3. The van der Waals surface area contributed by atoms with Gasteiger partial charge in [-0.2, -0.15) is 0 Å². The molecule has 1 heterocycles. The van der Waals surface area contributed by atoms with E-state index in [9.17, 15) is 4.79 Å². The van der Waals surface area contributed by atoms with Crippen molar-refractivity contribution in [3.63, 3.8) is 0 Å². The predicted molar refractivity (Wildman–Crippen MR) is 125 cm³/mol. The zero-order valence-electron chi connectivity index (χ0n) is 18.7. The fourth-order valence-electron chi connectivity index (χ4n) is 4.17. The van der Waals surface area contributed by atoms with Gasteiger partial charge in [0, 0.05) is 6.54 Å². The number of carboxylic acids is 1. The summed E-state index contributed by atoms with van der Waals surface area (Å²) in [6.45, 7) is 9.23. The quantitative estimate of drug-likeness (QED) is 0.532. The Balaban J connectivity index is 1.64. The van der Waals surface area contributed by atoms with E-state index >= 15 is 0 Å². The van der Waals surface area contributed by atoms with Gasteiger partial charge in [-0.05, 0) is 86.0 Å². The van der Waals surface area contributed by atoms with Gasteiger partial charge in [-0.25, -0.2) is 0 Å². The molecular formula is C27H35NO2. The molecule has 1 N–H and O–H groups in total. The molecule has 0 spiro atoms. The van der Waals surface area contributed by atoms with Crippen LogP contribution in [-0.2, 0) is 17.8 Å². The summed E-state index contributed by atoms with van der Waals surface area (Å²) in [6.07, 6.45) is 7.42. The number of likely N-dealkylation sites (tertiary alicyclic amines) is 1. The van der Waals surface area contributed by atoms with E-state index in [1.54, 1.807) is 0 Å². The first-order valence-corrected chi connectivity index (χ1v) is 11.3. The van der Waals surface area contributed by atoms with Crippen molar-refractivity contribution in [1.82, 2.24) is 4.90 Å². The maximum Gasteiger partial charge on any atom is 0.306 e. The Hall–Kier alpha value is -2.39. The SMILES string of the molecule is CCCCc1ccc(C)c(/C=C(\C)c2ccc(CN3CCC(C(=O)O)CC3)cc2)c1. The van der Waals surface area contributed by atoms with Crippen LogP contribution in [-0.4, -0.2) is 29.1 Å². The summed E-state index contributed by atoms with van der Waals surface area (Å²) in [5.74, 6) is -0.812. The van der Waals surface area contributed by atoms with Crippen molar-refractivity contribution in [3.05, 3.63) is 70.3 Å². The molecule has 0 bridgehead atoms. The average molecular weight is 406 g/mol. The number of aliphatic carboxylic acids is 1. The van der Waals surface area contributed by atoms with Crippen molar-refractivity contribution in [2.24, 2.45) is 5.92 Å². The highest BCUT2D eigenvalue weighted by Crippen LogP contribution is 2.23. The minimum Gasteiger partial charge on any atom is -0.481 e. The molecule has 2 aromatic carbocycles. The lowest BCUT2D eigenvalue weighted by molar-refractivity contribution is -0.143. The van der Waals surface area contributed by atoms with Crippen molar-refractivity contribution in [3.8, 4) is 0 Å². The van der Waals surface area contributed by atoms with Crippen LogP contribution >= 0.6 is 0 Å². The maximum atomic E-state index is 11.1. The van der Waals surface area contributed by atoms with E-state index < -0.39 is 5.97 Å². The highest BCUT2D eigenvalue weighted by molar-refractivity contribution is 5.81. The van der Waals surface area contributed by atoms with Gasteiger partial charge in [0.05, 0.1) is 5.92 Å². The van der Waals surface area contributed by atoms with Crippen LogP contribution in [0.25, 0.3) is 11.6 Å². The third-order valence-electron chi connectivity index (χ3n) is 6.29. The van der Waals surface area contributed by atoms with E-state index in [0.29, 0.717) is 0 Å². The molecule has 3 rings (SSSR count). The zero-order chi connectivity index (χ0) is 21.5. The average Bonchev–Trinajstić information content (AvgIpc) is 2.75. The van der Waals surface area contributed by atoms with Crippen molar-refractivity contribution in [2.45, 2.75) is 59.4 Å². The Kier molecular flexibility index (Phi) is 7.87. The second kappa shape index (κ2) is 10.6. The fraction of sp³-hybridized carbons (Fsp3) is 0.444. The van der Waals surface area contributed by atoms with Crippen LogP contribution in [0.4, 0.5) is 0 Å². The first kappa shape index (κ1) is 22.3. The highest BCUT2D eigenvalue weighted by atomic mass is 16.4. The smallest absolute Gasteiger partial charge is 0.306 e. The van der Waals surface area contributed by atoms with Crippen LogP contribution in [0.1, 0.15) is 67.3 Å². The monoisotopic (exact) mass is 405 g/mol. The number of carboxylic acid groups (broad SMARTS) is 1. The van der Waals surface area contributed by atoms with Gasteiger partial charge >= 0.3 is 5.97 Å². The molecule has 30 heavy (non-hydrogen) atoms. The van der Waals surface area contributed by atoms with Crippen LogP contribution in [0.15, 0.2) is 42.5 Å². The molecule has 0 amide bonds. The van der Waals surface area contributed by atoms with Gasteiger partial charge in [0.2, 0.25) is 0 Å². The molecule has 0 unspecified atom stereocenters. The third-order valence-corrected chi connectivity index (χ3v) is 6.29. The van der Waals surface area contributed by atoms with Crippen molar-refractivity contribution in [2.75, 3.05) is 13.1 Å². The molecule has 1 aliphatic rings. The van der Waals surface area contributed by atoms with Crippen molar-refractivity contribution < 1.29 is 9.90 Å². The van der Waals surface area contributed by atoms with Crippen LogP contribution < -0.4 is 0 Å². The van der Waals surface area contributed by atoms with Gasteiger partial charge in [-0.15, -0.1) is 0 Å². The summed E-state index contributed by atoms with van der Waals surface area (Å²) >= 11 is 0. The minimum absolute atomic E-state index is 0.166. The molecule has 1 fully saturated rings. The number of benzene rings is 2. The number of piperidine rings is 1. The van der Waals surface area contributed by atoms with Crippen molar-refractivity contribution >= 4 is 17.6 Å². The normalized spacial score (nSPS) is 16.0. The van der Waals surface area contributed by atoms with E-state index in [1.807, 2.05) is 0 Å². The Morgan fingerprint density at radius 1 is 1.10 bits per heavy atom. The Labute approximate surface area is 181 Å². The number of aryl methyl sites for hydroxylation is 2. The highest BCUT2D eigenvalue weighted by Gasteiger charge is 2.24. The molecule has 0 aliphatic carbocycles. The molecule has 0 atom stereocenters. The van der Waals surface area contributed by atoms with Gasteiger partial charge in [0.15, 0.2) is 0 Å². The fourth-order valence-corrected chi connectivity index (χ4v) is 4.17. The summed E-state index contributed by atoms with van der Waals surface area (Å²) in [5.41, 5.74) is 7.87. The number of hydrogen-bond acceptors (Lipinski definition) is 2. The largest absolute Gasteiger partial charge is 0.481 e. The molecule has 3 heteroatoms. The molecule has 2 aromatic rings. The molecule has 1 saturated heterocycles. The lowest BCUT2D eigenvalue weighted by Gasteiger charge is -2.30. The van der Waals surface area contributed by atoms with Crippen molar-refractivity contribution in [1.29, 1.82) is 0 Å². The first-order chi connectivity index (χ1) is 14.5. The van der Waals surface area contributed by atoms with Crippen LogP contribution in [0.3, 0.4) is 0 Å². The standard InChI is InChI=1S/C27H35NO2/c1-4-5-6-22-8-7-20(2)26(18-22)17-21(3)24-11-9-23(10-12-24)19-28-15-13-25(14-16-28)27(29)30/h7-12,17-18,25H,4-6,13-16,19H2,1-3H3,(H,29,30)/b21-17+. The number of rotatable bonds is 8. The topological polar surface area (TPSA) is 40.5 Å². The zero-order valence-corrected chi connectivity index (χ0v) is 18.7. The van der Waals surface area contributed by atoms with Gasteiger partial charge in [0.25, 0.3) is 0 Å². The van der Waals surface area contributed by atoms with E-state index in [-0.39, 0.29) is 5.92 Å². The predicted octanol–water partition coefficient (Wildman–Crippen LogP) is 6.19. The molecular weight excluding hydrogens is 370 g/mol. The summed E-state index contributed by atoms with van der Waals surface area (Å²) in [4.78, 5) is 13.5. The molecule has 0 saturated carbocycles. The molecule has 1 aliphatic heterocycles. The summed E-state index contributed by atoms with van der Waals surface area (Å²) in [5, 5.41) is 9.15. The van der Waals surface area contributed by atoms with E-state index in [4.69, 9.17) is 5.11 Å². The van der Waals surface area contributed by atoms with E-state index in [1.165, 1.54) is 46.2 Å². The number of unbranched alkanes of at least 4 members (excludes halogenated alkanes) is 1. The minimum atomic E-state index is -0.646. The number of allylic oxidation sites excluding steroid dienone is 1. The third kappa shape index (κ3) is 6.06. The van der Waals surface area contributed by atoms with E-state index in [2.05, 4.69) is 74.2 Å². The molecule has 0 radical (unpaired) electrons. The Bertz CT molecular complexity index is 874. The lowest BCUT2D eigenvalue weighted by atomic mass is 9.96. The molecule has 0 aromatic heterocycles.